The molecule has 31 heavy (non-hydrogen) atoms. The minimum absolute atomic E-state index is 0.179. The Bertz CT molecular complexity index is 1230. The van der Waals surface area contributed by atoms with Crippen LogP contribution in [0.2, 0.25) is 5.02 Å². The van der Waals surface area contributed by atoms with E-state index in [9.17, 15) is 4.79 Å². The Balaban J connectivity index is 1.40. The van der Waals surface area contributed by atoms with Crippen LogP contribution in [-0.4, -0.2) is 12.1 Å². The van der Waals surface area contributed by atoms with E-state index in [1.807, 2.05) is 91.0 Å². The van der Waals surface area contributed by atoms with Crippen LogP contribution in [0.1, 0.15) is 16.7 Å². The van der Waals surface area contributed by atoms with Crippen LogP contribution in [0.4, 0.5) is 0 Å². The van der Waals surface area contributed by atoms with Gasteiger partial charge in [-0.05, 0) is 34.5 Å². The molecule has 1 N–H and O–H groups in total. The number of fused-ring (bicyclic) bond motifs is 1. The van der Waals surface area contributed by atoms with Crippen molar-refractivity contribution in [2.75, 3.05) is 0 Å². The van der Waals surface area contributed by atoms with Gasteiger partial charge in [0.1, 0.15) is 12.4 Å². The first-order valence-corrected chi connectivity index (χ1v) is 10.3. The van der Waals surface area contributed by atoms with Gasteiger partial charge in [0.15, 0.2) is 0 Å². The van der Waals surface area contributed by atoms with E-state index in [4.69, 9.17) is 16.3 Å². The summed E-state index contributed by atoms with van der Waals surface area (Å²) in [5.41, 5.74) is 5.24. The lowest BCUT2D eigenvalue weighted by atomic mass is 10.0. The largest absolute Gasteiger partial charge is 0.488 e. The second kappa shape index (κ2) is 9.92. The smallest absolute Gasteiger partial charge is 0.244 e. The molecule has 0 spiro atoms. The molecule has 154 valence electrons. The Kier molecular flexibility index (Phi) is 6.60. The van der Waals surface area contributed by atoms with Crippen LogP contribution < -0.4 is 10.2 Å². The number of halogens is 1. The van der Waals surface area contributed by atoms with Crippen molar-refractivity contribution in [2.24, 2.45) is 5.10 Å². The molecule has 0 radical (unpaired) electrons. The first-order chi connectivity index (χ1) is 15.2. The zero-order chi connectivity index (χ0) is 21.5. The first-order valence-electron chi connectivity index (χ1n) is 9.94. The quantitative estimate of drug-likeness (QED) is 0.300. The molecule has 0 heterocycles. The number of nitrogens with one attached hydrogen (secondary N) is 1. The van der Waals surface area contributed by atoms with Gasteiger partial charge in [-0.25, -0.2) is 5.43 Å². The SMILES string of the molecule is O=C(Cc1cccc2ccccc12)N/N=C/c1ccccc1OCc1ccccc1Cl. The molecule has 4 nitrogen and oxygen atoms in total. The molecule has 0 aliphatic carbocycles. The van der Waals surface area contributed by atoms with E-state index in [1.165, 1.54) is 0 Å². The molecule has 0 bridgehead atoms. The van der Waals surface area contributed by atoms with Gasteiger partial charge in [-0.2, -0.15) is 5.10 Å². The summed E-state index contributed by atoms with van der Waals surface area (Å²) in [7, 11) is 0. The fourth-order valence-electron chi connectivity index (χ4n) is 3.32. The van der Waals surface area contributed by atoms with E-state index >= 15 is 0 Å². The zero-order valence-corrected chi connectivity index (χ0v) is 17.5. The van der Waals surface area contributed by atoms with Crippen molar-refractivity contribution in [1.82, 2.24) is 5.43 Å². The average molecular weight is 429 g/mol. The monoisotopic (exact) mass is 428 g/mol. The Hall–Kier alpha value is -3.63. The van der Waals surface area contributed by atoms with Gasteiger partial charge in [0.2, 0.25) is 5.91 Å². The van der Waals surface area contributed by atoms with E-state index in [2.05, 4.69) is 10.5 Å². The minimum Gasteiger partial charge on any atom is -0.488 e. The average Bonchev–Trinajstić information content (AvgIpc) is 2.79. The highest BCUT2D eigenvalue weighted by molar-refractivity contribution is 6.31. The molecule has 0 saturated carbocycles. The van der Waals surface area contributed by atoms with E-state index < -0.39 is 0 Å². The van der Waals surface area contributed by atoms with E-state index in [-0.39, 0.29) is 12.3 Å². The number of hydrogen-bond acceptors (Lipinski definition) is 3. The number of hydrogen-bond donors (Lipinski definition) is 1. The van der Waals surface area contributed by atoms with Crippen molar-refractivity contribution in [3.05, 3.63) is 113 Å². The number of rotatable bonds is 7. The van der Waals surface area contributed by atoms with Gasteiger partial charge in [0.25, 0.3) is 0 Å². The Morgan fingerprint density at radius 2 is 1.58 bits per heavy atom. The molecular weight excluding hydrogens is 408 g/mol. The van der Waals surface area contributed by atoms with Crippen molar-refractivity contribution in [3.63, 3.8) is 0 Å². The molecule has 1 amide bonds. The van der Waals surface area contributed by atoms with Crippen LogP contribution in [0, 0.1) is 0 Å². The number of carbonyl (C=O) groups is 1. The van der Waals surface area contributed by atoms with Crippen molar-refractivity contribution in [2.45, 2.75) is 13.0 Å². The molecular formula is C26H21ClN2O2. The van der Waals surface area contributed by atoms with Crippen LogP contribution in [0.25, 0.3) is 10.8 Å². The summed E-state index contributed by atoms with van der Waals surface area (Å²) in [6, 6.07) is 29.0. The standard InChI is InChI=1S/C26H21ClN2O2/c27-24-14-5-2-10-22(24)18-31-25-15-6-3-9-21(25)17-28-29-26(30)16-20-12-7-11-19-8-1-4-13-23(19)20/h1-15,17H,16,18H2,(H,29,30)/b28-17+. The summed E-state index contributed by atoms with van der Waals surface area (Å²) in [5, 5.41) is 6.97. The lowest BCUT2D eigenvalue weighted by Crippen LogP contribution is -2.20. The molecule has 0 saturated heterocycles. The molecule has 0 aliphatic heterocycles. The number of amides is 1. The number of hydrazone groups is 1. The van der Waals surface area contributed by atoms with Crippen molar-refractivity contribution in [1.29, 1.82) is 0 Å². The maximum absolute atomic E-state index is 12.4. The minimum atomic E-state index is -0.179. The third-order valence-electron chi connectivity index (χ3n) is 4.88. The van der Waals surface area contributed by atoms with Crippen LogP contribution in [0.15, 0.2) is 96.1 Å². The summed E-state index contributed by atoms with van der Waals surface area (Å²) in [6.45, 7) is 0.345. The third-order valence-corrected chi connectivity index (χ3v) is 5.25. The highest BCUT2D eigenvalue weighted by Gasteiger charge is 2.07. The van der Waals surface area contributed by atoms with Gasteiger partial charge in [-0.1, -0.05) is 84.4 Å². The number of carbonyl (C=O) groups excluding carboxylic acids is 1. The molecule has 0 unspecified atom stereocenters. The molecule has 0 aliphatic rings. The lowest BCUT2D eigenvalue weighted by molar-refractivity contribution is -0.120. The van der Waals surface area contributed by atoms with Crippen molar-refractivity contribution in [3.8, 4) is 5.75 Å². The van der Waals surface area contributed by atoms with Gasteiger partial charge in [-0.3, -0.25) is 4.79 Å². The van der Waals surface area contributed by atoms with Gasteiger partial charge in [0.05, 0.1) is 12.6 Å². The third kappa shape index (κ3) is 5.30. The number of nitrogens with zero attached hydrogens (tertiary/aromatic N) is 1. The van der Waals surface area contributed by atoms with Crippen LogP contribution >= 0.6 is 11.6 Å². The summed E-state index contributed by atoms with van der Waals surface area (Å²) < 4.78 is 5.92. The van der Waals surface area contributed by atoms with Crippen molar-refractivity contribution < 1.29 is 9.53 Å². The van der Waals surface area contributed by atoms with Crippen LogP contribution in [0.5, 0.6) is 5.75 Å². The summed E-state index contributed by atoms with van der Waals surface area (Å²) in [4.78, 5) is 12.4. The second-order valence-corrected chi connectivity index (χ2v) is 7.43. The summed E-state index contributed by atoms with van der Waals surface area (Å²) >= 11 is 6.20. The first kappa shape index (κ1) is 20.6. The molecule has 0 aromatic heterocycles. The molecule has 4 aromatic carbocycles. The Labute approximate surface area is 186 Å². The fraction of sp³-hybridized carbons (Fsp3) is 0.0769. The number of para-hydroxylation sites is 1. The van der Waals surface area contributed by atoms with E-state index in [0.29, 0.717) is 17.4 Å². The van der Waals surface area contributed by atoms with E-state index in [1.54, 1.807) is 6.21 Å². The Morgan fingerprint density at radius 1 is 0.871 bits per heavy atom. The topological polar surface area (TPSA) is 50.7 Å². The van der Waals surface area contributed by atoms with E-state index in [0.717, 1.165) is 27.5 Å². The molecule has 4 aromatic rings. The molecule has 4 rings (SSSR count). The highest BCUT2D eigenvalue weighted by atomic mass is 35.5. The molecule has 0 fully saturated rings. The van der Waals surface area contributed by atoms with Gasteiger partial charge < -0.3 is 4.74 Å². The predicted molar refractivity (Wildman–Crippen MR) is 126 cm³/mol. The second-order valence-electron chi connectivity index (χ2n) is 7.03. The highest BCUT2D eigenvalue weighted by Crippen LogP contribution is 2.21. The summed E-state index contributed by atoms with van der Waals surface area (Å²) in [6.07, 6.45) is 1.84. The van der Waals surface area contributed by atoms with Crippen LogP contribution in [-0.2, 0) is 17.8 Å². The lowest BCUT2D eigenvalue weighted by Gasteiger charge is -2.10. The molecule has 0 atom stereocenters. The Morgan fingerprint density at radius 3 is 2.48 bits per heavy atom. The number of benzene rings is 4. The maximum atomic E-state index is 12.4. The molecule has 5 heteroatoms. The zero-order valence-electron chi connectivity index (χ0n) is 16.8. The van der Waals surface area contributed by atoms with Crippen molar-refractivity contribution >= 4 is 34.5 Å². The number of ether oxygens (including phenoxy) is 1. The summed E-state index contributed by atoms with van der Waals surface area (Å²) in [5.74, 6) is 0.483. The van der Waals surface area contributed by atoms with Gasteiger partial charge in [-0.15, -0.1) is 0 Å². The fourth-order valence-corrected chi connectivity index (χ4v) is 3.51. The van der Waals surface area contributed by atoms with Gasteiger partial charge in [0, 0.05) is 16.1 Å². The normalized spacial score (nSPS) is 11.0. The predicted octanol–water partition coefficient (Wildman–Crippen LogP) is 5.77. The maximum Gasteiger partial charge on any atom is 0.244 e. The van der Waals surface area contributed by atoms with Gasteiger partial charge >= 0.3 is 0 Å². The van der Waals surface area contributed by atoms with Crippen LogP contribution in [0.3, 0.4) is 0 Å².